The summed E-state index contributed by atoms with van der Waals surface area (Å²) in [5.74, 6) is 0.780. The number of ether oxygens (including phenoxy) is 1. The maximum Gasteiger partial charge on any atom is 0.335 e. The zero-order chi connectivity index (χ0) is 15.3. The lowest BCUT2D eigenvalue weighted by Crippen LogP contribution is -2.52. The number of aliphatic imine (C=N–C) groups is 1. The molecular formula is C19H21NO2. The molecule has 0 N–H and O–H groups in total. The molecule has 114 valence electrons. The van der Waals surface area contributed by atoms with E-state index in [4.69, 9.17) is 9.73 Å². The van der Waals surface area contributed by atoms with Crippen molar-refractivity contribution in [3.63, 3.8) is 0 Å². The van der Waals surface area contributed by atoms with Gasteiger partial charge in [-0.1, -0.05) is 56.3 Å². The lowest BCUT2D eigenvalue weighted by atomic mass is 9.82. The summed E-state index contributed by atoms with van der Waals surface area (Å²) in [4.78, 5) is 17.8. The highest BCUT2D eigenvalue weighted by Gasteiger charge is 2.57. The third-order valence-corrected chi connectivity index (χ3v) is 5.21. The highest BCUT2D eigenvalue weighted by atomic mass is 16.5. The quantitative estimate of drug-likeness (QED) is 0.619. The monoisotopic (exact) mass is 295 g/mol. The molecule has 0 unspecified atom stereocenters. The number of carbonyl (C=O) groups is 1. The fraction of sp³-hybridized carbons (Fsp3) is 0.474. The van der Waals surface area contributed by atoms with Crippen LogP contribution in [0.1, 0.15) is 32.3 Å². The molecule has 1 aliphatic heterocycles. The second-order valence-electron chi connectivity index (χ2n) is 7.05. The number of benzene rings is 1. The van der Waals surface area contributed by atoms with Crippen LogP contribution in [0.15, 0.2) is 47.5 Å². The van der Waals surface area contributed by atoms with Crippen LogP contribution in [-0.4, -0.2) is 23.3 Å². The van der Waals surface area contributed by atoms with Crippen LogP contribution in [0.3, 0.4) is 0 Å². The Kier molecular flexibility index (Phi) is 3.00. The van der Waals surface area contributed by atoms with Gasteiger partial charge in [-0.2, -0.15) is 0 Å². The van der Waals surface area contributed by atoms with Gasteiger partial charge in [0.15, 0.2) is 5.54 Å². The van der Waals surface area contributed by atoms with Crippen LogP contribution in [0.25, 0.3) is 0 Å². The van der Waals surface area contributed by atoms with Gasteiger partial charge >= 0.3 is 5.97 Å². The van der Waals surface area contributed by atoms with Gasteiger partial charge in [0.2, 0.25) is 0 Å². The van der Waals surface area contributed by atoms with Crippen molar-refractivity contribution in [3.05, 3.63) is 48.0 Å². The van der Waals surface area contributed by atoms with Crippen LogP contribution < -0.4 is 0 Å². The molecule has 0 saturated heterocycles. The van der Waals surface area contributed by atoms with E-state index in [1.807, 2.05) is 18.2 Å². The van der Waals surface area contributed by atoms with Gasteiger partial charge in [-0.15, -0.1) is 0 Å². The van der Waals surface area contributed by atoms with Gasteiger partial charge in [0, 0.05) is 5.92 Å². The standard InChI is InChI=1S/C19H21NO2/c1-12(2)17-16(14-6-4-3-5-7-14)20-19(18(21)22-17)11-13-8-9-15(19)10-13/h3-9,12-13,15,17H,10-11H2,1-2H3/t13-,15+,17-,19+/m0/s1. The fourth-order valence-corrected chi connectivity index (χ4v) is 4.08. The molecule has 0 radical (unpaired) electrons. The number of esters is 1. The Hall–Kier alpha value is -1.90. The van der Waals surface area contributed by atoms with E-state index in [0.29, 0.717) is 5.92 Å². The molecule has 2 bridgehead atoms. The molecule has 22 heavy (non-hydrogen) atoms. The van der Waals surface area contributed by atoms with Gasteiger partial charge in [-0.05, 0) is 30.2 Å². The third kappa shape index (κ3) is 1.88. The first kappa shape index (κ1) is 13.7. The Balaban J connectivity index is 1.84. The average molecular weight is 295 g/mol. The molecule has 2 aliphatic carbocycles. The lowest BCUT2D eigenvalue weighted by Gasteiger charge is -2.38. The highest BCUT2D eigenvalue weighted by molar-refractivity contribution is 6.08. The van der Waals surface area contributed by atoms with Crippen molar-refractivity contribution in [2.75, 3.05) is 0 Å². The first-order valence-electron chi connectivity index (χ1n) is 8.15. The summed E-state index contributed by atoms with van der Waals surface area (Å²) in [7, 11) is 0. The molecule has 1 spiro atoms. The molecule has 1 aromatic rings. The predicted molar refractivity (Wildman–Crippen MR) is 85.8 cm³/mol. The number of allylic oxidation sites excluding steroid dienone is 1. The van der Waals surface area contributed by atoms with E-state index in [1.54, 1.807) is 0 Å². The van der Waals surface area contributed by atoms with Crippen molar-refractivity contribution in [1.29, 1.82) is 0 Å². The molecule has 3 aliphatic rings. The minimum Gasteiger partial charge on any atom is -0.454 e. The highest BCUT2D eigenvalue weighted by Crippen LogP contribution is 2.51. The van der Waals surface area contributed by atoms with Gasteiger partial charge in [0.05, 0.1) is 5.71 Å². The summed E-state index contributed by atoms with van der Waals surface area (Å²) >= 11 is 0. The smallest absolute Gasteiger partial charge is 0.335 e. The molecule has 1 heterocycles. The molecule has 3 heteroatoms. The number of fused-ring (bicyclic) bond motifs is 3. The number of cyclic esters (lactones) is 1. The van der Waals surface area contributed by atoms with E-state index in [9.17, 15) is 4.79 Å². The van der Waals surface area contributed by atoms with Crippen molar-refractivity contribution >= 4 is 11.7 Å². The summed E-state index contributed by atoms with van der Waals surface area (Å²) < 4.78 is 5.90. The van der Waals surface area contributed by atoms with Crippen LogP contribution in [0.2, 0.25) is 0 Å². The zero-order valence-corrected chi connectivity index (χ0v) is 13.0. The fourth-order valence-electron chi connectivity index (χ4n) is 4.08. The number of hydrogen-bond acceptors (Lipinski definition) is 3. The number of nitrogens with zero attached hydrogens (tertiary/aromatic N) is 1. The Morgan fingerprint density at radius 1 is 1.23 bits per heavy atom. The van der Waals surface area contributed by atoms with Crippen LogP contribution in [0.4, 0.5) is 0 Å². The maximum atomic E-state index is 12.7. The summed E-state index contributed by atoms with van der Waals surface area (Å²) in [6.45, 7) is 4.16. The van der Waals surface area contributed by atoms with Crippen LogP contribution in [0.5, 0.6) is 0 Å². The van der Waals surface area contributed by atoms with Gasteiger partial charge in [0.25, 0.3) is 0 Å². The maximum absolute atomic E-state index is 12.7. The molecule has 1 saturated carbocycles. The Bertz CT molecular complexity index is 661. The lowest BCUT2D eigenvalue weighted by molar-refractivity contribution is -0.157. The van der Waals surface area contributed by atoms with Crippen molar-refractivity contribution < 1.29 is 9.53 Å². The molecule has 4 atom stereocenters. The first-order valence-corrected chi connectivity index (χ1v) is 8.15. The minimum atomic E-state index is -0.671. The molecular weight excluding hydrogens is 274 g/mol. The number of carbonyl (C=O) groups excluding carboxylic acids is 1. The van der Waals surface area contributed by atoms with E-state index in [1.165, 1.54) is 0 Å². The third-order valence-electron chi connectivity index (χ3n) is 5.21. The summed E-state index contributed by atoms with van der Waals surface area (Å²) in [6, 6.07) is 10.1. The second-order valence-corrected chi connectivity index (χ2v) is 7.05. The summed E-state index contributed by atoms with van der Waals surface area (Å²) in [6.07, 6.45) is 5.98. The van der Waals surface area contributed by atoms with Gasteiger partial charge in [-0.3, -0.25) is 4.99 Å². The SMILES string of the molecule is CC(C)[C@@H]1OC(=O)[C@]2(C[C@H]3C=C[C@@H]2C3)N=C1c1ccccc1. The first-order chi connectivity index (χ1) is 10.6. The zero-order valence-electron chi connectivity index (χ0n) is 13.0. The van der Waals surface area contributed by atoms with Crippen LogP contribution >= 0.6 is 0 Å². The van der Waals surface area contributed by atoms with Crippen molar-refractivity contribution in [3.8, 4) is 0 Å². The van der Waals surface area contributed by atoms with E-state index in [-0.39, 0.29) is 23.9 Å². The number of hydrogen-bond donors (Lipinski definition) is 0. The van der Waals surface area contributed by atoms with Gasteiger partial charge < -0.3 is 4.74 Å². The predicted octanol–water partition coefficient (Wildman–Crippen LogP) is 3.39. The second kappa shape index (κ2) is 4.80. The normalized spacial score (nSPS) is 36.0. The minimum absolute atomic E-state index is 0.122. The Labute approximate surface area is 131 Å². The molecule has 3 nitrogen and oxygen atoms in total. The van der Waals surface area contributed by atoms with Crippen molar-refractivity contribution in [2.45, 2.75) is 38.3 Å². The van der Waals surface area contributed by atoms with E-state index >= 15 is 0 Å². The van der Waals surface area contributed by atoms with Crippen LogP contribution in [-0.2, 0) is 9.53 Å². The van der Waals surface area contributed by atoms with Gasteiger partial charge in [-0.25, -0.2) is 4.79 Å². The van der Waals surface area contributed by atoms with E-state index in [2.05, 4.69) is 38.1 Å². The van der Waals surface area contributed by atoms with Gasteiger partial charge in [0.1, 0.15) is 6.10 Å². The summed E-state index contributed by atoms with van der Waals surface area (Å²) in [5, 5.41) is 0. The molecule has 0 amide bonds. The average Bonchev–Trinajstić information content (AvgIpc) is 3.12. The Morgan fingerprint density at radius 3 is 2.59 bits per heavy atom. The van der Waals surface area contributed by atoms with Crippen molar-refractivity contribution in [1.82, 2.24) is 0 Å². The molecule has 1 fully saturated rings. The number of rotatable bonds is 2. The summed E-state index contributed by atoms with van der Waals surface area (Å²) in [5.41, 5.74) is 1.34. The van der Waals surface area contributed by atoms with E-state index in [0.717, 1.165) is 24.1 Å². The topological polar surface area (TPSA) is 38.7 Å². The largest absolute Gasteiger partial charge is 0.454 e. The Morgan fingerprint density at radius 2 is 2.00 bits per heavy atom. The van der Waals surface area contributed by atoms with Crippen LogP contribution in [0, 0.1) is 17.8 Å². The van der Waals surface area contributed by atoms with Crippen molar-refractivity contribution in [2.24, 2.45) is 22.7 Å². The van der Waals surface area contributed by atoms with E-state index < -0.39 is 5.54 Å². The molecule has 1 aromatic carbocycles. The molecule has 4 rings (SSSR count). The molecule has 0 aromatic heterocycles.